The second-order valence-corrected chi connectivity index (χ2v) is 4.66. The molecule has 1 aromatic rings. The molecule has 15 heavy (non-hydrogen) atoms. The van der Waals surface area contributed by atoms with Crippen LogP contribution < -0.4 is 5.73 Å². The van der Waals surface area contributed by atoms with Gasteiger partial charge in [-0.25, -0.2) is 0 Å². The normalized spacial score (nSPS) is 14.9. The lowest BCUT2D eigenvalue weighted by molar-refractivity contribution is 0.0177. The van der Waals surface area contributed by atoms with Gasteiger partial charge in [0.1, 0.15) is 6.10 Å². The lowest BCUT2D eigenvalue weighted by Gasteiger charge is -2.19. The highest BCUT2D eigenvalue weighted by Gasteiger charge is 2.19. The summed E-state index contributed by atoms with van der Waals surface area (Å²) < 4.78 is 0.847. The van der Waals surface area contributed by atoms with Crippen molar-refractivity contribution in [2.24, 2.45) is 0 Å². The molecule has 0 aliphatic heterocycles. The van der Waals surface area contributed by atoms with Crippen LogP contribution >= 0.6 is 28.6 Å². The minimum absolute atomic E-state index is 0.430. The zero-order valence-electron chi connectivity index (χ0n) is 8.10. The smallest absolute Gasteiger partial charge is 0.107 e. The molecule has 2 atom stereocenters. The molecule has 0 heterocycles. The van der Waals surface area contributed by atoms with Crippen LogP contribution in [0.4, 0.5) is 5.69 Å². The van der Waals surface area contributed by atoms with Gasteiger partial charge in [0.15, 0.2) is 0 Å². The predicted octanol–water partition coefficient (Wildman–Crippen LogP) is 1.75. The second kappa shape index (κ2) is 5.75. The maximum absolute atomic E-state index is 9.81. The Hall–Kier alpha value is -0.230. The first-order valence-electron chi connectivity index (χ1n) is 4.58. The van der Waals surface area contributed by atoms with Crippen LogP contribution in [0.25, 0.3) is 0 Å². The summed E-state index contributed by atoms with van der Waals surface area (Å²) >= 11 is 7.28. The van der Waals surface area contributed by atoms with E-state index in [0.717, 1.165) is 4.47 Å². The summed E-state index contributed by atoms with van der Waals surface area (Å²) in [5.74, 6) is 0.522. The zero-order chi connectivity index (χ0) is 11.4. The highest BCUT2D eigenvalue weighted by atomic mass is 79.9. The van der Waals surface area contributed by atoms with Gasteiger partial charge in [-0.05, 0) is 24.3 Å². The third-order valence-corrected chi connectivity index (χ3v) is 2.91. The molecular formula is C10H14BrNO2S. The number of nitrogens with two attached hydrogens (primary N) is 1. The van der Waals surface area contributed by atoms with E-state index in [0.29, 0.717) is 23.4 Å². The number of hydrogen-bond acceptors (Lipinski definition) is 4. The molecular weight excluding hydrogens is 278 g/mol. The average Bonchev–Trinajstić information content (AvgIpc) is 2.17. The van der Waals surface area contributed by atoms with Gasteiger partial charge in [0.05, 0.1) is 6.10 Å². The van der Waals surface area contributed by atoms with Crippen molar-refractivity contribution in [3.8, 4) is 0 Å². The first kappa shape index (κ1) is 12.8. The fourth-order valence-electron chi connectivity index (χ4n) is 1.31. The summed E-state index contributed by atoms with van der Waals surface area (Å²) in [6.07, 6.45) is -1.35. The molecule has 0 fully saturated rings. The number of halogens is 1. The summed E-state index contributed by atoms with van der Waals surface area (Å²) in [4.78, 5) is 0. The molecule has 84 valence electrons. The summed E-state index contributed by atoms with van der Waals surface area (Å²) in [5.41, 5.74) is 6.75. The summed E-state index contributed by atoms with van der Waals surface area (Å²) in [7, 11) is 0. The molecule has 0 radical (unpaired) electrons. The van der Waals surface area contributed by atoms with Crippen molar-refractivity contribution in [2.45, 2.75) is 18.6 Å². The van der Waals surface area contributed by atoms with Gasteiger partial charge in [0.25, 0.3) is 0 Å². The lowest BCUT2D eigenvalue weighted by Crippen LogP contribution is -2.19. The van der Waals surface area contributed by atoms with Crippen LogP contribution in [0.15, 0.2) is 22.7 Å². The van der Waals surface area contributed by atoms with E-state index in [9.17, 15) is 10.2 Å². The quantitative estimate of drug-likeness (QED) is 0.505. The molecule has 5 heteroatoms. The highest BCUT2D eigenvalue weighted by Crippen LogP contribution is 2.27. The Morgan fingerprint density at radius 2 is 2.07 bits per heavy atom. The standard InChI is InChI=1S/C10H14BrNO2S/c11-6-1-2-7(8(12)5-6)10(14)9(13)3-4-15/h1-2,5,9-10,13-15H,3-4,12H2. The van der Waals surface area contributed by atoms with Gasteiger partial charge >= 0.3 is 0 Å². The minimum Gasteiger partial charge on any atom is -0.398 e. The largest absolute Gasteiger partial charge is 0.398 e. The zero-order valence-corrected chi connectivity index (χ0v) is 10.6. The fourth-order valence-corrected chi connectivity index (χ4v) is 1.96. The van der Waals surface area contributed by atoms with Gasteiger partial charge in [-0.15, -0.1) is 0 Å². The Labute approximate surface area is 103 Å². The Morgan fingerprint density at radius 3 is 2.60 bits per heavy atom. The molecule has 0 saturated carbocycles. The number of thiol groups is 1. The van der Waals surface area contributed by atoms with Crippen molar-refractivity contribution in [1.82, 2.24) is 0 Å². The topological polar surface area (TPSA) is 66.5 Å². The number of rotatable bonds is 4. The van der Waals surface area contributed by atoms with Crippen LogP contribution in [0.2, 0.25) is 0 Å². The van der Waals surface area contributed by atoms with E-state index in [4.69, 9.17) is 5.73 Å². The van der Waals surface area contributed by atoms with Crippen molar-refractivity contribution in [1.29, 1.82) is 0 Å². The van der Waals surface area contributed by atoms with Crippen molar-refractivity contribution < 1.29 is 10.2 Å². The van der Waals surface area contributed by atoms with Gasteiger partial charge < -0.3 is 15.9 Å². The molecule has 4 N–H and O–H groups in total. The van der Waals surface area contributed by atoms with Crippen molar-refractivity contribution in [2.75, 3.05) is 11.5 Å². The van der Waals surface area contributed by atoms with Crippen LogP contribution in [0.3, 0.4) is 0 Å². The van der Waals surface area contributed by atoms with Gasteiger partial charge in [-0.1, -0.05) is 22.0 Å². The molecule has 0 saturated heterocycles. The molecule has 0 aliphatic rings. The molecule has 0 bridgehead atoms. The average molecular weight is 292 g/mol. The Bertz CT molecular complexity index is 335. The van der Waals surface area contributed by atoms with Crippen LogP contribution in [0, 0.1) is 0 Å². The van der Waals surface area contributed by atoms with E-state index in [2.05, 4.69) is 28.6 Å². The van der Waals surface area contributed by atoms with Crippen LogP contribution in [-0.2, 0) is 0 Å². The number of aliphatic hydroxyl groups is 2. The van der Waals surface area contributed by atoms with Crippen molar-refractivity contribution in [3.05, 3.63) is 28.2 Å². The van der Waals surface area contributed by atoms with E-state index >= 15 is 0 Å². The van der Waals surface area contributed by atoms with E-state index < -0.39 is 12.2 Å². The number of nitrogen functional groups attached to an aromatic ring is 1. The maximum atomic E-state index is 9.81. The summed E-state index contributed by atoms with van der Waals surface area (Å²) in [5, 5.41) is 19.4. The van der Waals surface area contributed by atoms with Crippen LogP contribution in [0.1, 0.15) is 18.1 Å². The van der Waals surface area contributed by atoms with Gasteiger partial charge in [0, 0.05) is 15.7 Å². The first-order chi connectivity index (χ1) is 7.06. The molecule has 0 spiro atoms. The Balaban J connectivity index is 2.86. The molecule has 1 rings (SSSR count). The molecule has 3 nitrogen and oxygen atoms in total. The summed E-state index contributed by atoms with van der Waals surface area (Å²) in [6.45, 7) is 0. The number of anilines is 1. The SMILES string of the molecule is Nc1cc(Br)ccc1C(O)C(O)CCS. The lowest BCUT2D eigenvalue weighted by atomic mass is 10.0. The maximum Gasteiger partial charge on any atom is 0.107 e. The van der Waals surface area contributed by atoms with Gasteiger partial charge in [-0.2, -0.15) is 12.6 Å². The predicted molar refractivity (Wildman–Crippen MR) is 68.0 cm³/mol. The van der Waals surface area contributed by atoms with Crippen molar-refractivity contribution in [3.63, 3.8) is 0 Å². The third kappa shape index (κ3) is 3.38. The Kier molecular flexibility index (Phi) is 4.92. The molecule has 1 aromatic carbocycles. The minimum atomic E-state index is -0.953. The van der Waals surface area contributed by atoms with Crippen LogP contribution in [0.5, 0.6) is 0 Å². The molecule has 0 aliphatic carbocycles. The van der Waals surface area contributed by atoms with E-state index in [1.54, 1.807) is 18.2 Å². The summed E-state index contributed by atoms with van der Waals surface area (Å²) in [6, 6.07) is 5.18. The van der Waals surface area contributed by atoms with Crippen LogP contribution in [-0.4, -0.2) is 22.1 Å². The van der Waals surface area contributed by atoms with E-state index in [1.165, 1.54) is 0 Å². The number of hydrogen-bond donors (Lipinski definition) is 4. The molecule has 2 unspecified atom stereocenters. The van der Waals surface area contributed by atoms with Crippen molar-refractivity contribution >= 4 is 34.2 Å². The fraction of sp³-hybridized carbons (Fsp3) is 0.400. The first-order valence-corrected chi connectivity index (χ1v) is 6.00. The number of benzene rings is 1. The second-order valence-electron chi connectivity index (χ2n) is 3.30. The molecule has 0 amide bonds. The monoisotopic (exact) mass is 291 g/mol. The molecule has 0 aromatic heterocycles. The van der Waals surface area contributed by atoms with Gasteiger partial charge in [0.2, 0.25) is 0 Å². The van der Waals surface area contributed by atoms with Gasteiger partial charge in [-0.3, -0.25) is 0 Å². The highest BCUT2D eigenvalue weighted by molar-refractivity contribution is 9.10. The number of aliphatic hydroxyl groups excluding tert-OH is 2. The van der Waals surface area contributed by atoms with E-state index in [-0.39, 0.29) is 0 Å². The third-order valence-electron chi connectivity index (χ3n) is 2.16. The Morgan fingerprint density at radius 1 is 1.40 bits per heavy atom. The van der Waals surface area contributed by atoms with E-state index in [1.807, 2.05) is 0 Å².